The van der Waals surface area contributed by atoms with Crippen LogP contribution in [0.3, 0.4) is 0 Å². The number of nitrogens with one attached hydrogen (secondary N) is 1. The molecule has 0 saturated carbocycles. The Morgan fingerprint density at radius 1 is 1.34 bits per heavy atom. The molecule has 0 aliphatic carbocycles. The van der Waals surface area contributed by atoms with Gasteiger partial charge < -0.3 is 19.1 Å². The van der Waals surface area contributed by atoms with Crippen LogP contribution in [0.2, 0.25) is 0 Å². The standard InChI is InChI=1S/C20H23BrN2O6/c1-6-27-16-15(14(24)10-28-16)20(22-18(26)29-19(2,3)4)12-9-11(21)7-8-13(12)23(5)17(20)25/h7-9H,6,10H2,1-5H3,(H,22,26)/t20-/m1/s1. The van der Waals surface area contributed by atoms with E-state index in [1.165, 1.54) is 4.90 Å². The summed E-state index contributed by atoms with van der Waals surface area (Å²) < 4.78 is 17.0. The minimum absolute atomic E-state index is 0.0427. The molecule has 1 atom stereocenters. The molecular formula is C20H23BrN2O6. The van der Waals surface area contributed by atoms with Gasteiger partial charge in [0.05, 0.1) is 6.61 Å². The first-order chi connectivity index (χ1) is 13.5. The summed E-state index contributed by atoms with van der Waals surface area (Å²) in [5.74, 6) is -1.02. The van der Waals surface area contributed by atoms with Crippen LogP contribution in [0.5, 0.6) is 0 Å². The second-order valence-electron chi connectivity index (χ2n) is 7.71. The van der Waals surface area contributed by atoms with Crippen molar-refractivity contribution in [3.63, 3.8) is 0 Å². The SMILES string of the molecule is CCOC1=C([C@@]2(NC(=O)OC(C)(C)C)C(=O)N(C)c3ccc(Br)cc32)C(=O)CO1. The van der Waals surface area contributed by atoms with Crippen molar-refractivity contribution in [1.82, 2.24) is 5.32 Å². The van der Waals surface area contributed by atoms with Crippen molar-refractivity contribution < 1.29 is 28.6 Å². The molecule has 3 rings (SSSR count). The molecule has 0 unspecified atom stereocenters. The molecule has 0 spiro atoms. The van der Waals surface area contributed by atoms with Gasteiger partial charge in [-0.25, -0.2) is 4.79 Å². The van der Waals surface area contributed by atoms with Gasteiger partial charge in [0.25, 0.3) is 11.9 Å². The van der Waals surface area contributed by atoms with Crippen molar-refractivity contribution in [3.8, 4) is 0 Å². The molecule has 0 bridgehead atoms. The Morgan fingerprint density at radius 3 is 2.66 bits per heavy atom. The normalized spacial score (nSPS) is 21.2. The van der Waals surface area contributed by atoms with Crippen LogP contribution in [0.4, 0.5) is 10.5 Å². The molecule has 29 heavy (non-hydrogen) atoms. The van der Waals surface area contributed by atoms with Crippen LogP contribution in [0.25, 0.3) is 0 Å². The number of likely N-dealkylation sites (N-methyl/N-ethyl adjacent to an activating group) is 1. The summed E-state index contributed by atoms with van der Waals surface area (Å²) in [6.45, 7) is 6.81. The fourth-order valence-electron chi connectivity index (χ4n) is 3.46. The summed E-state index contributed by atoms with van der Waals surface area (Å²) in [6, 6.07) is 5.20. The molecule has 8 nitrogen and oxygen atoms in total. The van der Waals surface area contributed by atoms with Gasteiger partial charge >= 0.3 is 6.09 Å². The Labute approximate surface area is 177 Å². The maximum absolute atomic E-state index is 13.5. The van der Waals surface area contributed by atoms with Crippen LogP contribution in [0, 0.1) is 0 Å². The number of hydrogen-bond acceptors (Lipinski definition) is 6. The van der Waals surface area contributed by atoms with Gasteiger partial charge in [0, 0.05) is 22.8 Å². The lowest BCUT2D eigenvalue weighted by Gasteiger charge is -2.31. The van der Waals surface area contributed by atoms with E-state index in [2.05, 4.69) is 21.2 Å². The van der Waals surface area contributed by atoms with E-state index in [9.17, 15) is 14.4 Å². The lowest BCUT2D eigenvalue weighted by molar-refractivity contribution is -0.125. The van der Waals surface area contributed by atoms with Crippen molar-refractivity contribution in [2.45, 2.75) is 38.8 Å². The summed E-state index contributed by atoms with van der Waals surface area (Å²) in [4.78, 5) is 40.5. The second-order valence-corrected chi connectivity index (χ2v) is 8.63. The van der Waals surface area contributed by atoms with Gasteiger partial charge in [0.15, 0.2) is 12.1 Å². The molecule has 9 heteroatoms. The molecular weight excluding hydrogens is 444 g/mol. The number of Topliss-reactive ketones (excluding diaryl/α,β-unsaturated/α-hetero) is 1. The van der Waals surface area contributed by atoms with E-state index >= 15 is 0 Å². The third kappa shape index (κ3) is 3.59. The fourth-order valence-corrected chi connectivity index (χ4v) is 3.82. The number of benzene rings is 1. The summed E-state index contributed by atoms with van der Waals surface area (Å²) in [5, 5.41) is 2.66. The van der Waals surface area contributed by atoms with E-state index in [1.807, 2.05) is 0 Å². The van der Waals surface area contributed by atoms with E-state index in [-0.39, 0.29) is 24.7 Å². The highest BCUT2D eigenvalue weighted by atomic mass is 79.9. The Balaban J connectivity index is 2.25. The molecule has 156 valence electrons. The maximum atomic E-state index is 13.5. The second kappa shape index (κ2) is 7.37. The summed E-state index contributed by atoms with van der Waals surface area (Å²) >= 11 is 3.40. The highest BCUT2D eigenvalue weighted by Gasteiger charge is 2.59. The highest BCUT2D eigenvalue weighted by Crippen LogP contribution is 2.47. The average Bonchev–Trinajstić information content (AvgIpc) is 3.06. The van der Waals surface area contributed by atoms with Crippen LogP contribution >= 0.6 is 15.9 Å². The number of carbonyl (C=O) groups excluding carboxylic acids is 3. The van der Waals surface area contributed by atoms with Gasteiger partial charge in [-0.15, -0.1) is 0 Å². The van der Waals surface area contributed by atoms with Gasteiger partial charge in [-0.3, -0.25) is 14.9 Å². The molecule has 1 N–H and O–H groups in total. The van der Waals surface area contributed by atoms with Gasteiger partial charge in [-0.2, -0.15) is 0 Å². The number of nitrogens with zero attached hydrogens (tertiary/aromatic N) is 1. The van der Waals surface area contributed by atoms with Crippen LogP contribution in [0.1, 0.15) is 33.3 Å². The third-order valence-corrected chi connectivity index (χ3v) is 5.00. The van der Waals surface area contributed by atoms with Gasteiger partial charge in [-0.05, 0) is 45.9 Å². The van der Waals surface area contributed by atoms with Crippen LogP contribution in [0.15, 0.2) is 34.2 Å². The number of ether oxygens (including phenoxy) is 3. The van der Waals surface area contributed by atoms with E-state index in [1.54, 1.807) is 52.9 Å². The summed E-state index contributed by atoms with van der Waals surface area (Å²) in [5.41, 5.74) is -1.69. The van der Waals surface area contributed by atoms with Gasteiger partial charge in [0.2, 0.25) is 5.78 Å². The largest absolute Gasteiger partial charge is 0.465 e. The molecule has 2 heterocycles. The number of amides is 2. The lowest BCUT2D eigenvalue weighted by Crippen LogP contribution is -2.56. The van der Waals surface area contributed by atoms with Gasteiger partial charge in [-0.1, -0.05) is 15.9 Å². The third-order valence-electron chi connectivity index (χ3n) is 4.51. The maximum Gasteiger partial charge on any atom is 0.409 e. The minimum atomic E-state index is -1.83. The smallest absolute Gasteiger partial charge is 0.409 e. The van der Waals surface area contributed by atoms with Crippen LogP contribution in [-0.4, -0.2) is 43.6 Å². The van der Waals surface area contributed by atoms with Crippen LogP contribution in [-0.2, 0) is 29.3 Å². The fraction of sp³-hybridized carbons (Fsp3) is 0.450. The van der Waals surface area contributed by atoms with Crippen molar-refractivity contribution in [2.24, 2.45) is 0 Å². The first-order valence-electron chi connectivity index (χ1n) is 9.14. The number of fused-ring (bicyclic) bond motifs is 1. The van der Waals surface area contributed by atoms with Crippen molar-refractivity contribution in [3.05, 3.63) is 39.8 Å². The number of ketones is 1. The molecule has 2 amide bonds. The zero-order valence-electron chi connectivity index (χ0n) is 16.9. The van der Waals surface area contributed by atoms with Crippen molar-refractivity contribution in [2.75, 3.05) is 25.2 Å². The number of halogens is 1. The van der Waals surface area contributed by atoms with E-state index in [0.29, 0.717) is 15.7 Å². The minimum Gasteiger partial charge on any atom is -0.465 e. The Hall–Kier alpha value is -2.55. The number of anilines is 1. The molecule has 2 aliphatic heterocycles. The van der Waals surface area contributed by atoms with Crippen molar-refractivity contribution in [1.29, 1.82) is 0 Å². The molecule has 0 saturated heterocycles. The zero-order chi connectivity index (χ0) is 21.6. The van der Waals surface area contributed by atoms with E-state index < -0.39 is 28.9 Å². The number of alkyl carbamates (subject to hydrolysis) is 1. The van der Waals surface area contributed by atoms with E-state index in [0.717, 1.165) is 0 Å². The quantitative estimate of drug-likeness (QED) is 0.732. The first-order valence-corrected chi connectivity index (χ1v) is 9.93. The summed E-state index contributed by atoms with van der Waals surface area (Å²) in [7, 11) is 1.58. The van der Waals surface area contributed by atoms with Crippen LogP contribution < -0.4 is 10.2 Å². The van der Waals surface area contributed by atoms with Gasteiger partial charge in [0.1, 0.15) is 11.2 Å². The first kappa shape index (κ1) is 21.2. The average molecular weight is 467 g/mol. The predicted molar refractivity (Wildman–Crippen MR) is 108 cm³/mol. The number of carbonyl (C=O) groups is 3. The Bertz CT molecular complexity index is 920. The monoisotopic (exact) mass is 466 g/mol. The molecule has 0 fully saturated rings. The molecule has 0 radical (unpaired) electrons. The molecule has 2 aliphatic rings. The molecule has 0 aromatic heterocycles. The predicted octanol–water partition coefficient (Wildman–Crippen LogP) is 2.99. The lowest BCUT2D eigenvalue weighted by atomic mass is 9.82. The summed E-state index contributed by atoms with van der Waals surface area (Å²) in [6.07, 6.45) is -0.838. The molecule has 1 aromatic rings. The Kier molecular flexibility index (Phi) is 5.38. The van der Waals surface area contributed by atoms with E-state index in [4.69, 9.17) is 14.2 Å². The Morgan fingerprint density at radius 2 is 2.03 bits per heavy atom. The topological polar surface area (TPSA) is 94.2 Å². The zero-order valence-corrected chi connectivity index (χ0v) is 18.5. The highest BCUT2D eigenvalue weighted by molar-refractivity contribution is 9.10. The number of hydrogen-bond donors (Lipinski definition) is 1. The molecule has 1 aromatic carbocycles. The van der Waals surface area contributed by atoms with Crippen molar-refractivity contribution >= 4 is 39.4 Å². The number of rotatable bonds is 4.